The van der Waals surface area contributed by atoms with Gasteiger partial charge in [-0.1, -0.05) is 12.8 Å². The van der Waals surface area contributed by atoms with Crippen LogP contribution in [-0.2, 0) is 0 Å². The Bertz CT molecular complexity index is 253. The molecular weight excluding hydrogens is 152 g/mol. The SMILES string of the molecule is Nc1cc(C2CCCC2)nn1N. The van der Waals surface area contributed by atoms with Crippen molar-refractivity contribution in [3.05, 3.63) is 11.8 Å². The molecule has 0 aromatic carbocycles. The molecule has 0 unspecified atom stereocenters. The molecule has 1 aliphatic rings. The van der Waals surface area contributed by atoms with E-state index in [9.17, 15) is 0 Å². The first-order valence-electron chi connectivity index (χ1n) is 4.38. The fraction of sp³-hybridized carbons (Fsp3) is 0.625. The number of rotatable bonds is 1. The van der Waals surface area contributed by atoms with Gasteiger partial charge in [0.05, 0.1) is 5.69 Å². The van der Waals surface area contributed by atoms with Crippen LogP contribution in [0, 0.1) is 0 Å². The molecule has 0 radical (unpaired) electrons. The summed E-state index contributed by atoms with van der Waals surface area (Å²) in [6.07, 6.45) is 5.08. The third kappa shape index (κ3) is 1.13. The lowest BCUT2D eigenvalue weighted by Crippen LogP contribution is -2.13. The predicted octanol–water partition coefficient (Wildman–Crippen LogP) is 0.837. The van der Waals surface area contributed by atoms with E-state index in [0.29, 0.717) is 11.7 Å². The number of anilines is 1. The average molecular weight is 166 g/mol. The number of aromatic nitrogens is 2. The van der Waals surface area contributed by atoms with Crippen LogP contribution in [0.15, 0.2) is 6.07 Å². The van der Waals surface area contributed by atoms with E-state index in [0.717, 1.165) is 5.69 Å². The van der Waals surface area contributed by atoms with E-state index >= 15 is 0 Å². The maximum Gasteiger partial charge on any atom is 0.144 e. The second kappa shape index (κ2) is 2.69. The highest BCUT2D eigenvalue weighted by molar-refractivity contribution is 5.32. The molecule has 2 rings (SSSR count). The van der Waals surface area contributed by atoms with Crippen LogP contribution in [0.25, 0.3) is 0 Å². The van der Waals surface area contributed by atoms with E-state index in [4.69, 9.17) is 11.6 Å². The minimum absolute atomic E-state index is 0.553. The van der Waals surface area contributed by atoms with Gasteiger partial charge in [0, 0.05) is 12.0 Å². The van der Waals surface area contributed by atoms with Crippen LogP contribution in [0.4, 0.5) is 5.82 Å². The van der Waals surface area contributed by atoms with Crippen molar-refractivity contribution in [2.45, 2.75) is 31.6 Å². The van der Waals surface area contributed by atoms with Crippen molar-refractivity contribution in [1.29, 1.82) is 0 Å². The zero-order valence-electron chi connectivity index (χ0n) is 7.03. The van der Waals surface area contributed by atoms with Gasteiger partial charge in [0.1, 0.15) is 5.82 Å². The second-order valence-corrected chi connectivity index (χ2v) is 3.42. The number of hydrogen-bond acceptors (Lipinski definition) is 3. The first kappa shape index (κ1) is 7.46. The van der Waals surface area contributed by atoms with E-state index in [1.807, 2.05) is 6.07 Å². The summed E-state index contributed by atoms with van der Waals surface area (Å²) in [5.41, 5.74) is 6.65. The van der Waals surface area contributed by atoms with Crippen LogP contribution < -0.4 is 11.6 Å². The largest absolute Gasteiger partial charge is 0.382 e. The van der Waals surface area contributed by atoms with Crippen molar-refractivity contribution < 1.29 is 0 Å². The van der Waals surface area contributed by atoms with Crippen LogP contribution >= 0.6 is 0 Å². The molecular formula is C8H14N4. The Labute approximate surface area is 71.5 Å². The van der Waals surface area contributed by atoms with Gasteiger partial charge in [-0.05, 0) is 12.8 Å². The van der Waals surface area contributed by atoms with Gasteiger partial charge in [-0.25, -0.2) is 0 Å². The highest BCUT2D eigenvalue weighted by atomic mass is 15.5. The summed E-state index contributed by atoms with van der Waals surface area (Å²) in [6, 6.07) is 1.88. The molecule has 4 N–H and O–H groups in total. The van der Waals surface area contributed by atoms with Gasteiger partial charge in [-0.15, -0.1) is 0 Å². The Morgan fingerprint density at radius 2 is 2.08 bits per heavy atom. The van der Waals surface area contributed by atoms with E-state index < -0.39 is 0 Å². The van der Waals surface area contributed by atoms with Crippen molar-refractivity contribution in [3.63, 3.8) is 0 Å². The van der Waals surface area contributed by atoms with Gasteiger partial charge in [0.25, 0.3) is 0 Å². The summed E-state index contributed by atoms with van der Waals surface area (Å²) in [5.74, 6) is 6.64. The lowest BCUT2D eigenvalue weighted by atomic mass is 10.1. The Hall–Kier alpha value is -1.19. The minimum atomic E-state index is 0.553. The van der Waals surface area contributed by atoms with E-state index in [1.54, 1.807) is 0 Å². The quantitative estimate of drug-likeness (QED) is 0.607. The van der Waals surface area contributed by atoms with Crippen molar-refractivity contribution in [3.8, 4) is 0 Å². The van der Waals surface area contributed by atoms with Gasteiger partial charge in [0.2, 0.25) is 0 Å². The summed E-state index contributed by atoms with van der Waals surface area (Å²) in [5, 5.41) is 4.16. The summed E-state index contributed by atoms with van der Waals surface area (Å²) >= 11 is 0. The Morgan fingerprint density at radius 3 is 2.58 bits per heavy atom. The summed E-state index contributed by atoms with van der Waals surface area (Å²) in [4.78, 5) is 1.26. The van der Waals surface area contributed by atoms with Gasteiger partial charge >= 0.3 is 0 Å². The summed E-state index contributed by atoms with van der Waals surface area (Å²) < 4.78 is 0. The molecule has 1 fully saturated rings. The monoisotopic (exact) mass is 166 g/mol. The molecule has 12 heavy (non-hydrogen) atoms. The van der Waals surface area contributed by atoms with Gasteiger partial charge in [-0.2, -0.15) is 9.89 Å². The topological polar surface area (TPSA) is 69.9 Å². The van der Waals surface area contributed by atoms with Crippen LogP contribution in [0.3, 0.4) is 0 Å². The predicted molar refractivity (Wildman–Crippen MR) is 48.0 cm³/mol. The van der Waals surface area contributed by atoms with Crippen LogP contribution in [-0.4, -0.2) is 9.89 Å². The molecule has 0 aliphatic heterocycles. The standard InChI is InChI=1S/C8H14N4/c9-8-5-7(11-12(8)10)6-3-1-2-4-6/h5-6H,1-4,9-10H2. The van der Waals surface area contributed by atoms with Crippen molar-refractivity contribution in [2.24, 2.45) is 0 Å². The molecule has 0 bridgehead atoms. The Balaban J connectivity index is 2.21. The smallest absolute Gasteiger partial charge is 0.144 e. The minimum Gasteiger partial charge on any atom is -0.382 e. The Morgan fingerprint density at radius 1 is 1.42 bits per heavy atom. The van der Waals surface area contributed by atoms with Crippen molar-refractivity contribution in [2.75, 3.05) is 11.6 Å². The first-order valence-corrected chi connectivity index (χ1v) is 4.38. The molecule has 1 saturated carbocycles. The molecule has 0 amide bonds. The molecule has 66 valence electrons. The van der Waals surface area contributed by atoms with Crippen LogP contribution in [0.5, 0.6) is 0 Å². The zero-order chi connectivity index (χ0) is 8.55. The second-order valence-electron chi connectivity index (χ2n) is 3.42. The van der Waals surface area contributed by atoms with E-state index in [1.165, 1.54) is 30.5 Å². The first-order chi connectivity index (χ1) is 5.77. The highest BCUT2D eigenvalue weighted by Gasteiger charge is 2.20. The molecule has 1 heterocycles. The fourth-order valence-corrected chi connectivity index (χ4v) is 1.85. The van der Waals surface area contributed by atoms with E-state index in [-0.39, 0.29) is 0 Å². The highest BCUT2D eigenvalue weighted by Crippen LogP contribution is 2.33. The number of hydrogen-bond donors (Lipinski definition) is 2. The number of nitrogens with two attached hydrogens (primary N) is 2. The lowest BCUT2D eigenvalue weighted by Gasteiger charge is -2.02. The third-order valence-corrected chi connectivity index (χ3v) is 2.56. The van der Waals surface area contributed by atoms with Crippen molar-refractivity contribution >= 4 is 5.82 Å². The van der Waals surface area contributed by atoms with Gasteiger partial charge < -0.3 is 11.6 Å². The number of nitrogen functional groups attached to an aromatic ring is 2. The van der Waals surface area contributed by atoms with Crippen LogP contribution in [0.2, 0.25) is 0 Å². The normalized spacial score (nSPS) is 18.7. The molecule has 0 atom stereocenters. The third-order valence-electron chi connectivity index (χ3n) is 2.56. The van der Waals surface area contributed by atoms with E-state index in [2.05, 4.69) is 5.10 Å². The molecule has 4 nitrogen and oxygen atoms in total. The van der Waals surface area contributed by atoms with Crippen molar-refractivity contribution in [1.82, 2.24) is 9.89 Å². The molecule has 0 saturated heterocycles. The molecule has 1 aromatic heterocycles. The number of nitrogens with zero attached hydrogens (tertiary/aromatic N) is 2. The molecule has 4 heteroatoms. The van der Waals surface area contributed by atoms with Gasteiger partial charge in [0.15, 0.2) is 0 Å². The molecule has 1 aromatic rings. The molecule has 1 aliphatic carbocycles. The summed E-state index contributed by atoms with van der Waals surface area (Å²) in [7, 11) is 0. The zero-order valence-corrected chi connectivity index (χ0v) is 7.03. The summed E-state index contributed by atoms with van der Waals surface area (Å²) in [6.45, 7) is 0. The molecule has 0 spiro atoms. The fourth-order valence-electron chi connectivity index (χ4n) is 1.85. The lowest BCUT2D eigenvalue weighted by molar-refractivity contribution is 0.672. The van der Waals surface area contributed by atoms with Gasteiger partial charge in [-0.3, -0.25) is 0 Å². The maximum absolute atomic E-state index is 5.58. The Kier molecular flexibility index (Phi) is 1.67. The average Bonchev–Trinajstić information content (AvgIpc) is 2.61. The maximum atomic E-state index is 5.58. The van der Waals surface area contributed by atoms with Crippen LogP contribution in [0.1, 0.15) is 37.3 Å².